The molecule has 1 aromatic rings. The molecule has 1 heterocycles. The number of halogens is 2. The van der Waals surface area contributed by atoms with E-state index >= 15 is 0 Å². The first-order chi connectivity index (χ1) is 10.5. The predicted molar refractivity (Wildman–Crippen MR) is 85.4 cm³/mol. The summed E-state index contributed by atoms with van der Waals surface area (Å²) in [6.07, 6.45) is 2.50. The smallest absolute Gasteiger partial charge is 0.228 e. The summed E-state index contributed by atoms with van der Waals surface area (Å²) in [6, 6.07) is 4.66. The third-order valence-corrected chi connectivity index (χ3v) is 4.14. The summed E-state index contributed by atoms with van der Waals surface area (Å²) < 4.78 is 14.6. The number of benzene rings is 1. The van der Waals surface area contributed by atoms with Crippen LogP contribution in [0.15, 0.2) is 35.3 Å². The molecule has 1 N–H and O–H groups in total. The van der Waals surface area contributed by atoms with E-state index in [4.69, 9.17) is 0 Å². The number of amides is 2. The standard InChI is InChI=1S/C16H18BrFN2O2/c1-2-7-20(10-12-8-13(17)4-5-14(12)18)16(22)11-3-6-15(21)19-9-11/h2,4-5,8,11H,1,3,6-7,9-10H2,(H,19,21)/t11-/m1/s1. The molecule has 4 nitrogen and oxygen atoms in total. The molecule has 1 aliphatic rings. The fourth-order valence-corrected chi connectivity index (χ4v) is 2.87. The van der Waals surface area contributed by atoms with Crippen molar-refractivity contribution in [2.75, 3.05) is 13.1 Å². The van der Waals surface area contributed by atoms with Crippen molar-refractivity contribution in [2.24, 2.45) is 5.92 Å². The largest absolute Gasteiger partial charge is 0.355 e. The number of carbonyl (C=O) groups excluding carboxylic acids is 2. The quantitative estimate of drug-likeness (QED) is 0.812. The third-order valence-electron chi connectivity index (χ3n) is 3.64. The lowest BCUT2D eigenvalue weighted by atomic mass is 9.97. The first-order valence-corrected chi connectivity index (χ1v) is 7.91. The van der Waals surface area contributed by atoms with Crippen molar-refractivity contribution < 1.29 is 14.0 Å². The van der Waals surface area contributed by atoms with Crippen molar-refractivity contribution in [1.29, 1.82) is 0 Å². The average molecular weight is 369 g/mol. The minimum absolute atomic E-state index is 0.0302. The van der Waals surface area contributed by atoms with Gasteiger partial charge in [0, 0.05) is 36.1 Å². The number of piperidine rings is 1. The molecule has 0 unspecified atom stereocenters. The van der Waals surface area contributed by atoms with E-state index in [1.807, 2.05) is 0 Å². The zero-order valence-electron chi connectivity index (χ0n) is 12.1. The van der Waals surface area contributed by atoms with E-state index in [1.165, 1.54) is 6.07 Å². The van der Waals surface area contributed by atoms with Gasteiger partial charge in [-0.15, -0.1) is 6.58 Å². The lowest BCUT2D eigenvalue weighted by Crippen LogP contribution is -2.44. The lowest BCUT2D eigenvalue weighted by molar-refractivity contribution is -0.137. The van der Waals surface area contributed by atoms with Crippen molar-refractivity contribution in [3.63, 3.8) is 0 Å². The molecule has 0 saturated carbocycles. The molecule has 118 valence electrons. The van der Waals surface area contributed by atoms with Crippen LogP contribution in [-0.2, 0) is 16.1 Å². The van der Waals surface area contributed by atoms with E-state index in [2.05, 4.69) is 27.8 Å². The number of rotatable bonds is 5. The maximum atomic E-state index is 13.9. The second kappa shape index (κ2) is 7.54. The molecular formula is C16H18BrFN2O2. The normalized spacial score (nSPS) is 17.7. The van der Waals surface area contributed by atoms with Gasteiger partial charge in [0.15, 0.2) is 0 Å². The van der Waals surface area contributed by atoms with Gasteiger partial charge >= 0.3 is 0 Å². The van der Waals surface area contributed by atoms with Crippen molar-refractivity contribution in [1.82, 2.24) is 10.2 Å². The van der Waals surface area contributed by atoms with E-state index in [-0.39, 0.29) is 30.1 Å². The van der Waals surface area contributed by atoms with Gasteiger partial charge < -0.3 is 10.2 Å². The molecule has 6 heteroatoms. The van der Waals surface area contributed by atoms with Crippen molar-refractivity contribution in [2.45, 2.75) is 19.4 Å². The number of nitrogens with zero attached hydrogens (tertiary/aromatic N) is 1. The highest BCUT2D eigenvalue weighted by Crippen LogP contribution is 2.20. The van der Waals surface area contributed by atoms with Crippen LogP contribution in [0.2, 0.25) is 0 Å². The molecule has 0 aromatic heterocycles. The van der Waals surface area contributed by atoms with Crippen LogP contribution in [0.25, 0.3) is 0 Å². The first kappa shape index (κ1) is 16.7. The van der Waals surface area contributed by atoms with Crippen molar-refractivity contribution in [3.8, 4) is 0 Å². The summed E-state index contributed by atoms with van der Waals surface area (Å²) in [5, 5.41) is 2.70. The Labute approximate surface area is 137 Å². The minimum atomic E-state index is -0.345. The fourth-order valence-electron chi connectivity index (χ4n) is 2.46. The van der Waals surface area contributed by atoms with Crippen molar-refractivity contribution in [3.05, 3.63) is 46.7 Å². The van der Waals surface area contributed by atoms with Crippen LogP contribution in [0, 0.1) is 11.7 Å². The Kier molecular flexibility index (Phi) is 5.71. The van der Waals surface area contributed by atoms with Crippen LogP contribution < -0.4 is 5.32 Å². The van der Waals surface area contributed by atoms with Crippen LogP contribution in [0.1, 0.15) is 18.4 Å². The topological polar surface area (TPSA) is 49.4 Å². The highest BCUT2D eigenvalue weighted by atomic mass is 79.9. The van der Waals surface area contributed by atoms with Crippen LogP contribution in [0.4, 0.5) is 4.39 Å². The second-order valence-electron chi connectivity index (χ2n) is 5.28. The van der Waals surface area contributed by atoms with E-state index in [1.54, 1.807) is 23.1 Å². The van der Waals surface area contributed by atoms with Gasteiger partial charge in [-0.25, -0.2) is 4.39 Å². The highest BCUT2D eigenvalue weighted by molar-refractivity contribution is 9.10. The van der Waals surface area contributed by atoms with Crippen LogP contribution in [0.5, 0.6) is 0 Å². The summed E-state index contributed by atoms with van der Waals surface area (Å²) in [5.41, 5.74) is 0.449. The summed E-state index contributed by atoms with van der Waals surface area (Å²) >= 11 is 3.31. The number of hydrogen-bond donors (Lipinski definition) is 1. The maximum Gasteiger partial charge on any atom is 0.228 e. The Morgan fingerprint density at radius 1 is 1.55 bits per heavy atom. The zero-order valence-corrected chi connectivity index (χ0v) is 13.7. The Morgan fingerprint density at radius 3 is 2.95 bits per heavy atom. The van der Waals surface area contributed by atoms with Crippen molar-refractivity contribution >= 4 is 27.7 Å². The molecule has 2 amide bonds. The monoisotopic (exact) mass is 368 g/mol. The summed E-state index contributed by atoms with van der Waals surface area (Å²) in [5.74, 6) is -0.716. The van der Waals surface area contributed by atoms with Crippen LogP contribution in [-0.4, -0.2) is 29.8 Å². The zero-order chi connectivity index (χ0) is 16.1. The van der Waals surface area contributed by atoms with Gasteiger partial charge in [0.2, 0.25) is 11.8 Å². The third kappa shape index (κ3) is 4.16. The van der Waals surface area contributed by atoms with Gasteiger partial charge in [0.25, 0.3) is 0 Å². The molecule has 0 spiro atoms. The molecule has 1 aromatic carbocycles. The summed E-state index contributed by atoms with van der Waals surface area (Å²) in [4.78, 5) is 25.4. The highest BCUT2D eigenvalue weighted by Gasteiger charge is 2.28. The Morgan fingerprint density at radius 2 is 2.32 bits per heavy atom. The summed E-state index contributed by atoms with van der Waals surface area (Å²) in [7, 11) is 0. The molecule has 1 atom stereocenters. The fraction of sp³-hybridized carbons (Fsp3) is 0.375. The molecule has 0 radical (unpaired) electrons. The van der Waals surface area contributed by atoms with Gasteiger partial charge in [0.05, 0.1) is 5.92 Å². The van der Waals surface area contributed by atoms with E-state index in [9.17, 15) is 14.0 Å². The molecular weight excluding hydrogens is 351 g/mol. The SMILES string of the molecule is C=CCN(Cc1cc(Br)ccc1F)C(=O)[C@@H]1CCC(=O)NC1. The first-order valence-electron chi connectivity index (χ1n) is 7.11. The minimum Gasteiger partial charge on any atom is -0.355 e. The molecule has 1 aliphatic heterocycles. The molecule has 1 saturated heterocycles. The van der Waals surface area contributed by atoms with E-state index in [0.717, 1.165) is 4.47 Å². The molecule has 22 heavy (non-hydrogen) atoms. The number of nitrogens with one attached hydrogen (secondary N) is 1. The number of hydrogen-bond acceptors (Lipinski definition) is 2. The predicted octanol–water partition coefficient (Wildman–Crippen LogP) is 2.63. The van der Waals surface area contributed by atoms with Crippen LogP contribution >= 0.6 is 15.9 Å². The molecule has 1 fully saturated rings. The summed E-state index contributed by atoms with van der Waals surface area (Å²) in [6.45, 7) is 4.52. The Bertz CT molecular complexity index is 582. The van der Waals surface area contributed by atoms with E-state index in [0.29, 0.717) is 31.5 Å². The number of carbonyl (C=O) groups is 2. The van der Waals surface area contributed by atoms with Gasteiger partial charge in [-0.1, -0.05) is 22.0 Å². The van der Waals surface area contributed by atoms with Gasteiger partial charge in [-0.3, -0.25) is 9.59 Å². The van der Waals surface area contributed by atoms with Gasteiger partial charge in [0.1, 0.15) is 5.82 Å². The maximum absolute atomic E-state index is 13.9. The Balaban J connectivity index is 2.11. The van der Waals surface area contributed by atoms with Gasteiger partial charge in [-0.2, -0.15) is 0 Å². The van der Waals surface area contributed by atoms with Crippen LogP contribution in [0.3, 0.4) is 0 Å². The van der Waals surface area contributed by atoms with E-state index < -0.39 is 0 Å². The Hall–Kier alpha value is -1.69. The molecule has 2 rings (SSSR count). The lowest BCUT2D eigenvalue weighted by Gasteiger charge is -2.29. The second-order valence-corrected chi connectivity index (χ2v) is 6.20. The van der Waals surface area contributed by atoms with Gasteiger partial charge in [-0.05, 0) is 24.6 Å². The molecule has 0 bridgehead atoms. The molecule has 0 aliphatic carbocycles. The average Bonchev–Trinajstić information content (AvgIpc) is 2.50.